The van der Waals surface area contributed by atoms with Gasteiger partial charge in [-0.1, -0.05) is 12.0 Å². The maximum atomic E-state index is 6.32. The third-order valence-electron chi connectivity index (χ3n) is 5.81. The third kappa shape index (κ3) is 1.77. The molecule has 2 aromatic rings. The van der Waals surface area contributed by atoms with Crippen molar-refractivity contribution in [3.63, 3.8) is 0 Å². The van der Waals surface area contributed by atoms with Gasteiger partial charge in [-0.25, -0.2) is 9.97 Å². The van der Waals surface area contributed by atoms with E-state index < -0.39 is 5.79 Å². The summed E-state index contributed by atoms with van der Waals surface area (Å²) in [5, 5.41) is 0.847. The molecular formula is C19H20N4O2. The van der Waals surface area contributed by atoms with E-state index in [1.54, 1.807) is 0 Å². The molecule has 1 saturated heterocycles. The molecule has 5 atom stereocenters. The summed E-state index contributed by atoms with van der Waals surface area (Å²) in [6.45, 7) is 8.02. The highest BCUT2D eigenvalue weighted by Gasteiger charge is 2.66. The summed E-state index contributed by atoms with van der Waals surface area (Å²) in [5.74, 6) is 6.61. The van der Waals surface area contributed by atoms with Gasteiger partial charge < -0.3 is 19.8 Å². The molecule has 6 heteroatoms. The SMILES string of the molecule is C=C[C@@]12CC#C[C@@H]1[C@@H](n1ccc3c(N)ncnc31)[C@@H]1OC(C)(C)O[C@@H]12. The van der Waals surface area contributed by atoms with Crippen molar-refractivity contribution in [1.82, 2.24) is 14.5 Å². The fourth-order valence-electron chi connectivity index (χ4n) is 4.75. The molecule has 0 bridgehead atoms. The lowest BCUT2D eigenvalue weighted by atomic mass is 9.77. The third-order valence-corrected chi connectivity index (χ3v) is 5.81. The van der Waals surface area contributed by atoms with Crippen LogP contribution in [0.25, 0.3) is 11.0 Å². The lowest BCUT2D eigenvalue weighted by Gasteiger charge is -2.33. The van der Waals surface area contributed by atoms with Gasteiger partial charge in [0, 0.05) is 18.0 Å². The fourth-order valence-corrected chi connectivity index (χ4v) is 4.75. The molecule has 1 saturated carbocycles. The van der Waals surface area contributed by atoms with Crippen molar-refractivity contribution < 1.29 is 9.47 Å². The summed E-state index contributed by atoms with van der Waals surface area (Å²) < 4.78 is 14.7. The molecule has 0 spiro atoms. The number of aromatic nitrogens is 3. The maximum absolute atomic E-state index is 6.32. The van der Waals surface area contributed by atoms with Crippen LogP contribution in [-0.4, -0.2) is 32.5 Å². The quantitative estimate of drug-likeness (QED) is 0.673. The minimum Gasteiger partial charge on any atom is -0.383 e. The first-order valence-corrected chi connectivity index (χ1v) is 8.51. The Morgan fingerprint density at radius 2 is 2.24 bits per heavy atom. The van der Waals surface area contributed by atoms with E-state index in [-0.39, 0.29) is 29.6 Å². The van der Waals surface area contributed by atoms with Crippen molar-refractivity contribution in [3.8, 4) is 11.8 Å². The molecule has 0 radical (unpaired) electrons. The first-order chi connectivity index (χ1) is 12.0. The van der Waals surface area contributed by atoms with E-state index >= 15 is 0 Å². The minimum absolute atomic E-state index is 0.00780. The van der Waals surface area contributed by atoms with E-state index in [0.717, 1.165) is 17.5 Å². The molecule has 5 rings (SSSR count). The van der Waals surface area contributed by atoms with Gasteiger partial charge in [0.15, 0.2) is 5.79 Å². The number of rotatable bonds is 2. The van der Waals surface area contributed by atoms with Crippen LogP contribution in [0.4, 0.5) is 5.82 Å². The van der Waals surface area contributed by atoms with Gasteiger partial charge in [-0.2, -0.15) is 0 Å². The Balaban J connectivity index is 1.71. The highest BCUT2D eigenvalue weighted by atomic mass is 16.8. The monoisotopic (exact) mass is 336 g/mol. The van der Waals surface area contributed by atoms with Crippen molar-refractivity contribution >= 4 is 16.9 Å². The number of anilines is 1. The zero-order valence-corrected chi connectivity index (χ0v) is 14.3. The van der Waals surface area contributed by atoms with Crippen molar-refractivity contribution in [3.05, 3.63) is 31.2 Å². The number of ether oxygens (including phenoxy) is 2. The Labute approximate surface area is 146 Å². The molecule has 0 aromatic carbocycles. The van der Waals surface area contributed by atoms with E-state index in [1.807, 2.05) is 32.2 Å². The maximum Gasteiger partial charge on any atom is 0.163 e. The molecule has 0 amide bonds. The largest absolute Gasteiger partial charge is 0.383 e. The van der Waals surface area contributed by atoms with Crippen LogP contribution in [0.1, 0.15) is 26.3 Å². The molecule has 25 heavy (non-hydrogen) atoms. The second-order valence-corrected chi connectivity index (χ2v) is 7.52. The van der Waals surface area contributed by atoms with E-state index in [4.69, 9.17) is 15.2 Å². The van der Waals surface area contributed by atoms with Gasteiger partial charge in [0.1, 0.15) is 30.0 Å². The number of nitrogens with zero attached hydrogens (tertiary/aromatic N) is 3. The number of nitrogens with two attached hydrogens (primary N) is 1. The summed E-state index contributed by atoms with van der Waals surface area (Å²) >= 11 is 0. The van der Waals surface area contributed by atoms with E-state index in [1.165, 1.54) is 6.33 Å². The average molecular weight is 336 g/mol. The predicted molar refractivity (Wildman–Crippen MR) is 93.3 cm³/mol. The lowest BCUT2D eigenvalue weighted by Crippen LogP contribution is -2.36. The Hall–Kier alpha value is -2.36. The van der Waals surface area contributed by atoms with Gasteiger partial charge >= 0.3 is 0 Å². The smallest absolute Gasteiger partial charge is 0.163 e. The van der Waals surface area contributed by atoms with Crippen molar-refractivity contribution in [2.24, 2.45) is 11.3 Å². The average Bonchev–Trinajstić information content (AvgIpc) is 3.28. The lowest BCUT2D eigenvalue weighted by molar-refractivity contribution is -0.168. The predicted octanol–water partition coefficient (Wildman–Crippen LogP) is 2.28. The van der Waals surface area contributed by atoms with Crippen LogP contribution in [0.2, 0.25) is 0 Å². The molecule has 3 aliphatic rings. The Bertz CT molecular complexity index is 953. The number of fused-ring (bicyclic) bond motifs is 4. The van der Waals surface area contributed by atoms with Crippen molar-refractivity contribution in [2.45, 2.75) is 44.3 Å². The van der Waals surface area contributed by atoms with E-state index in [9.17, 15) is 0 Å². The zero-order chi connectivity index (χ0) is 17.4. The molecule has 1 aliphatic heterocycles. The second kappa shape index (κ2) is 4.63. The normalized spacial score (nSPS) is 37.5. The first-order valence-electron chi connectivity index (χ1n) is 8.51. The summed E-state index contributed by atoms with van der Waals surface area (Å²) in [6, 6.07) is 1.95. The molecule has 2 aliphatic carbocycles. The van der Waals surface area contributed by atoms with Crippen LogP contribution in [0.5, 0.6) is 0 Å². The number of hydrogen-bond donors (Lipinski definition) is 1. The Morgan fingerprint density at radius 3 is 3.04 bits per heavy atom. The molecule has 6 nitrogen and oxygen atoms in total. The van der Waals surface area contributed by atoms with Gasteiger partial charge in [0.25, 0.3) is 0 Å². The second-order valence-electron chi connectivity index (χ2n) is 7.52. The Kier molecular flexibility index (Phi) is 2.76. The van der Waals surface area contributed by atoms with Crippen LogP contribution in [0.3, 0.4) is 0 Å². The molecule has 128 valence electrons. The van der Waals surface area contributed by atoms with Gasteiger partial charge in [-0.05, 0) is 19.9 Å². The summed E-state index contributed by atoms with van der Waals surface area (Å²) in [6.07, 6.45) is 6.05. The van der Waals surface area contributed by atoms with E-state index in [0.29, 0.717) is 5.82 Å². The standard InChI is InChI=1S/C19H20N4O2/c1-4-19-8-5-6-12(19)13(14-15(19)25-18(2,3)24-14)23-9-7-11-16(20)21-10-22-17(11)23/h4,7,9-10,12-15H,1,8H2,2-3H3,(H2,20,21,22)/t12-,13-,14+,15+,19-/m1/s1. The molecule has 2 aromatic heterocycles. The molecule has 3 heterocycles. The first kappa shape index (κ1) is 14.9. The Morgan fingerprint density at radius 1 is 1.40 bits per heavy atom. The molecule has 0 unspecified atom stereocenters. The van der Waals surface area contributed by atoms with Gasteiger partial charge in [0.05, 0.1) is 17.3 Å². The summed E-state index contributed by atoms with van der Waals surface area (Å²) in [5.41, 5.74) is 6.56. The zero-order valence-electron chi connectivity index (χ0n) is 14.3. The topological polar surface area (TPSA) is 75.2 Å². The van der Waals surface area contributed by atoms with Crippen LogP contribution >= 0.6 is 0 Å². The highest BCUT2D eigenvalue weighted by Crippen LogP contribution is 2.60. The van der Waals surface area contributed by atoms with Gasteiger partial charge in [0.2, 0.25) is 0 Å². The van der Waals surface area contributed by atoms with Crippen LogP contribution in [-0.2, 0) is 9.47 Å². The van der Waals surface area contributed by atoms with Crippen LogP contribution in [0.15, 0.2) is 31.2 Å². The van der Waals surface area contributed by atoms with E-state index in [2.05, 4.69) is 33.0 Å². The highest BCUT2D eigenvalue weighted by molar-refractivity contribution is 5.86. The van der Waals surface area contributed by atoms with Crippen LogP contribution in [0, 0.1) is 23.2 Å². The minimum atomic E-state index is -0.631. The summed E-state index contributed by atoms with van der Waals surface area (Å²) in [7, 11) is 0. The molecule has 2 fully saturated rings. The van der Waals surface area contributed by atoms with Crippen LogP contribution < -0.4 is 5.73 Å². The van der Waals surface area contributed by atoms with Gasteiger partial charge in [-0.15, -0.1) is 12.5 Å². The number of hydrogen-bond acceptors (Lipinski definition) is 5. The van der Waals surface area contributed by atoms with Crippen molar-refractivity contribution in [2.75, 3.05) is 5.73 Å². The summed E-state index contributed by atoms with van der Waals surface area (Å²) in [4.78, 5) is 8.55. The molecule has 2 N–H and O–H groups in total. The molecular weight excluding hydrogens is 316 g/mol. The van der Waals surface area contributed by atoms with Crippen molar-refractivity contribution in [1.29, 1.82) is 0 Å². The fraction of sp³-hybridized carbons (Fsp3) is 0.474. The number of nitrogen functional groups attached to an aromatic ring is 1. The van der Waals surface area contributed by atoms with Gasteiger partial charge in [-0.3, -0.25) is 0 Å².